The second-order valence-corrected chi connectivity index (χ2v) is 5.82. The number of aryl methyl sites for hydroxylation is 1. The zero-order valence-electron chi connectivity index (χ0n) is 11.8. The number of nitrogen functional groups attached to an aromatic ring is 1. The van der Waals surface area contributed by atoms with E-state index in [4.69, 9.17) is 5.84 Å². The van der Waals surface area contributed by atoms with Crippen molar-refractivity contribution in [2.45, 2.75) is 40.0 Å². The van der Waals surface area contributed by atoms with Crippen molar-refractivity contribution >= 4 is 16.6 Å². The zero-order chi connectivity index (χ0) is 13.5. The fraction of sp³-hybridized carbons (Fsp3) is 0.400. The van der Waals surface area contributed by atoms with Gasteiger partial charge in [-0.3, -0.25) is 10.8 Å². The molecule has 0 spiro atoms. The summed E-state index contributed by atoms with van der Waals surface area (Å²) < 4.78 is 0. The molecule has 2 rings (SSSR count). The Morgan fingerprint density at radius 1 is 1.17 bits per heavy atom. The van der Waals surface area contributed by atoms with Crippen LogP contribution in [0.1, 0.15) is 37.6 Å². The predicted molar refractivity (Wildman–Crippen MR) is 77.7 cm³/mol. The Labute approximate surface area is 108 Å². The van der Waals surface area contributed by atoms with Crippen LogP contribution in [-0.2, 0) is 5.41 Å². The molecule has 3 nitrogen and oxygen atoms in total. The van der Waals surface area contributed by atoms with Crippen LogP contribution in [0.2, 0.25) is 0 Å². The molecule has 0 aliphatic carbocycles. The highest BCUT2D eigenvalue weighted by molar-refractivity contribution is 5.93. The van der Waals surface area contributed by atoms with Gasteiger partial charge in [0.2, 0.25) is 0 Å². The number of benzene rings is 1. The first kappa shape index (κ1) is 12.8. The van der Waals surface area contributed by atoms with Crippen LogP contribution in [0.5, 0.6) is 0 Å². The summed E-state index contributed by atoms with van der Waals surface area (Å²) in [5.41, 5.74) is 8.31. The lowest BCUT2D eigenvalue weighted by molar-refractivity contribution is 0.591. The molecule has 0 unspecified atom stereocenters. The molecule has 18 heavy (non-hydrogen) atoms. The van der Waals surface area contributed by atoms with Gasteiger partial charge in [0.1, 0.15) is 0 Å². The van der Waals surface area contributed by atoms with Gasteiger partial charge in [-0.05, 0) is 42.5 Å². The predicted octanol–water partition coefficient (Wildman–Crippen LogP) is 3.43. The van der Waals surface area contributed by atoms with Gasteiger partial charge in [-0.15, -0.1) is 0 Å². The van der Waals surface area contributed by atoms with Gasteiger partial charge < -0.3 is 5.43 Å². The highest BCUT2D eigenvalue weighted by atomic mass is 15.2. The van der Waals surface area contributed by atoms with Gasteiger partial charge in [0.05, 0.1) is 11.2 Å². The van der Waals surface area contributed by atoms with Gasteiger partial charge in [0.15, 0.2) is 0 Å². The summed E-state index contributed by atoms with van der Waals surface area (Å²) >= 11 is 0. The molecule has 0 aliphatic rings. The molecule has 0 saturated heterocycles. The van der Waals surface area contributed by atoms with E-state index in [2.05, 4.69) is 49.4 Å². The van der Waals surface area contributed by atoms with Crippen LogP contribution in [-0.4, -0.2) is 4.98 Å². The van der Waals surface area contributed by atoms with Gasteiger partial charge in [-0.25, -0.2) is 0 Å². The van der Waals surface area contributed by atoms with Crippen molar-refractivity contribution in [1.82, 2.24) is 4.98 Å². The molecule has 0 saturated carbocycles. The van der Waals surface area contributed by atoms with Gasteiger partial charge in [0, 0.05) is 11.1 Å². The largest absolute Gasteiger partial charge is 0.323 e. The van der Waals surface area contributed by atoms with Gasteiger partial charge in [-0.2, -0.15) is 0 Å². The third kappa shape index (κ3) is 2.06. The lowest BCUT2D eigenvalue weighted by Gasteiger charge is -2.20. The fourth-order valence-corrected chi connectivity index (χ4v) is 2.13. The number of hydrogen-bond acceptors (Lipinski definition) is 3. The average Bonchev–Trinajstić information content (AvgIpc) is 2.29. The average molecular weight is 243 g/mol. The molecule has 0 aliphatic heterocycles. The van der Waals surface area contributed by atoms with E-state index in [-0.39, 0.29) is 5.41 Å². The minimum absolute atomic E-state index is 0.124. The maximum absolute atomic E-state index is 5.67. The third-order valence-corrected chi connectivity index (χ3v) is 3.48. The van der Waals surface area contributed by atoms with E-state index in [9.17, 15) is 0 Å². The van der Waals surface area contributed by atoms with Crippen molar-refractivity contribution in [2.24, 2.45) is 5.84 Å². The monoisotopic (exact) mass is 243 g/mol. The van der Waals surface area contributed by atoms with E-state index >= 15 is 0 Å². The minimum Gasteiger partial charge on any atom is -0.323 e. The number of nitrogens with zero attached hydrogens (tertiary/aromatic N) is 1. The normalized spacial score (nSPS) is 11.9. The maximum Gasteiger partial charge on any atom is 0.0726 e. The topological polar surface area (TPSA) is 50.9 Å². The number of hydrazine groups is 1. The SMILES string of the molecule is Cc1nc2ccc(C(C)(C)C)cc2c(NN)c1C. The Balaban J connectivity index is 2.80. The van der Waals surface area contributed by atoms with Crippen molar-refractivity contribution in [3.8, 4) is 0 Å². The molecule has 2 aromatic rings. The molecular weight excluding hydrogens is 222 g/mol. The Morgan fingerprint density at radius 3 is 2.39 bits per heavy atom. The number of rotatable bonds is 1. The molecule has 1 aromatic carbocycles. The number of pyridine rings is 1. The number of nitrogens with one attached hydrogen (secondary N) is 1. The van der Waals surface area contributed by atoms with Crippen LogP contribution >= 0.6 is 0 Å². The molecule has 3 heteroatoms. The zero-order valence-corrected chi connectivity index (χ0v) is 11.8. The summed E-state index contributed by atoms with van der Waals surface area (Å²) in [5, 5.41) is 1.09. The Bertz CT molecular complexity index is 595. The van der Waals surface area contributed by atoms with Gasteiger partial charge in [-0.1, -0.05) is 26.8 Å². The summed E-state index contributed by atoms with van der Waals surface area (Å²) in [5.74, 6) is 5.67. The summed E-state index contributed by atoms with van der Waals surface area (Å²) in [4.78, 5) is 4.61. The number of fused-ring (bicyclic) bond motifs is 1. The van der Waals surface area contributed by atoms with Crippen LogP contribution in [0.15, 0.2) is 18.2 Å². The van der Waals surface area contributed by atoms with E-state index in [0.29, 0.717) is 0 Å². The quantitative estimate of drug-likeness (QED) is 0.596. The molecule has 0 fully saturated rings. The minimum atomic E-state index is 0.124. The lowest BCUT2D eigenvalue weighted by atomic mass is 9.86. The summed E-state index contributed by atoms with van der Waals surface area (Å²) in [6.45, 7) is 10.7. The summed E-state index contributed by atoms with van der Waals surface area (Å²) in [7, 11) is 0. The first-order valence-electron chi connectivity index (χ1n) is 6.22. The van der Waals surface area contributed by atoms with Crippen molar-refractivity contribution in [3.05, 3.63) is 35.0 Å². The molecule has 1 aromatic heterocycles. The van der Waals surface area contributed by atoms with Crippen LogP contribution in [0.3, 0.4) is 0 Å². The molecular formula is C15H21N3. The summed E-state index contributed by atoms with van der Waals surface area (Å²) in [6, 6.07) is 6.40. The Hall–Kier alpha value is -1.61. The third-order valence-electron chi connectivity index (χ3n) is 3.48. The fourth-order valence-electron chi connectivity index (χ4n) is 2.13. The van der Waals surface area contributed by atoms with E-state index in [1.54, 1.807) is 0 Å². The number of aromatic nitrogens is 1. The van der Waals surface area contributed by atoms with E-state index in [1.807, 2.05) is 13.8 Å². The van der Waals surface area contributed by atoms with Crippen LogP contribution in [0, 0.1) is 13.8 Å². The molecule has 0 amide bonds. The van der Waals surface area contributed by atoms with E-state index in [1.165, 1.54) is 5.56 Å². The second-order valence-electron chi connectivity index (χ2n) is 5.82. The van der Waals surface area contributed by atoms with Crippen LogP contribution < -0.4 is 11.3 Å². The molecule has 1 heterocycles. The molecule has 96 valence electrons. The molecule has 0 bridgehead atoms. The maximum atomic E-state index is 5.67. The smallest absolute Gasteiger partial charge is 0.0726 e. The lowest BCUT2D eigenvalue weighted by Crippen LogP contribution is -2.13. The van der Waals surface area contributed by atoms with E-state index < -0.39 is 0 Å². The van der Waals surface area contributed by atoms with Crippen molar-refractivity contribution in [1.29, 1.82) is 0 Å². The van der Waals surface area contributed by atoms with Gasteiger partial charge >= 0.3 is 0 Å². The standard InChI is InChI=1S/C15H21N3/c1-9-10(2)17-13-7-6-11(15(3,4)5)8-12(13)14(9)18-16/h6-8H,16H2,1-5H3,(H,17,18). The number of nitrogens with two attached hydrogens (primary N) is 1. The van der Waals surface area contributed by atoms with Crippen molar-refractivity contribution in [3.63, 3.8) is 0 Å². The highest BCUT2D eigenvalue weighted by Crippen LogP contribution is 2.31. The summed E-state index contributed by atoms with van der Waals surface area (Å²) in [6.07, 6.45) is 0. The first-order valence-corrected chi connectivity index (χ1v) is 6.22. The molecule has 3 N–H and O–H groups in total. The highest BCUT2D eigenvalue weighted by Gasteiger charge is 2.16. The number of anilines is 1. The number of hydrogen-bond donors (Lipinski definition) is 2. The molecule has 0 radical (unpaired) electrons. The van der Waals surface area contributed by atoms with Crippen LogP contribution in [0.25, 0.3) is 10.9 Å². The van der Waals surface area contributed by atoms with Gasteiger partial charge in [0.25, 0.3) is 0 Å². The first-order chi connectivity index (χ1) is 8.34. The van der Waals surface area contributed by atoms with Crippen molar-refractivity contribution < 1.29 is 0 Å². The Morgan fingerprint density at radius 2 is 1.83 bits per heavy atom. The molecule has 0 atom stereocenters. The Kier molecular flexibility index (Phi) is 3.03. The second kappa shape index (κ2) is 4.25. The van der Waals surface area contributed by atoms with E-state index in [0.717, 1.165) is 27.8 Å². The van der Waals surface area contributed by atoms with Crippen molar-refractivity contribution in [2.75, 3.05) is 5.43 Å². The van der Waals surface area contributed by atoms with Crippen LogP contribution in [0.4, 0.5) is 5.69 Å².